The van der Waals surface area contributed by atoms with Crippen molar-refractivity contribution >= 4 is 41.2 Å². The molecule has 2 aromatic rings. The zero-order chi connectivity index (χ0) is 27.1. The minimum Gasteiger partial charge on any atom is -0.444 e. The molecular formula is C28H36ClN5O3S. The van der Waals surface area contributed by atoms with Crippen molar-refractivity contribution in [1.82, 2.24) is 19.8 Å². The largest absolute Gasteiger partial charge is 0.444 e. The molecule has 2 saturated heterocycles. The van der Waals surface area contributed by atoms with Crippen molar-refractivity contribution in [2.75, 3.05) is 44.2 Å². The van der Waals surface area contributed by atoms with Gasteiger partial charge >= 0.3 is 6.09 Å². The zero-order valence-electron chi connectivity index (χ0n) is 22.6. The average Bonchev–Trinajstić information content (AvgIpc) is 3.28. The van der Waals surface area contributed by atoms with Gasteiger partial charge in [-0.1, -0.05) is 23.7 Å². The first kappa shape index (κ1) is 27.1. The normalized spacial score (nSPS) is 21.3. The van der Waals surface area contributed by atoms with Crippen molar-refractivity contribution in [1.29, 1.82) is 0 Å². The molecule has 2 amide bonds. The molecule has 2 fully saturated rings. The van der Waals surface area contributed by atoms with E-state index in [1.807, 2.05) is 61.7 Å². The van der Waals surface area contributed by atoms with Crippen LogP contribution < -0.4 is 4.90 Å². The van der Waals surface area contributed by atoms with E-state index in [1.54, 1.807) is 11.2 Å². The lowest BCUT2D eigenvalue weighted by atomic mass is 9.71. The summed E-state index contributed by atoms with van der Waals surface area (Å²) in [5, 5.41) is 0.987. The summed E-state index contributed by atoms with van der Waals surface area (Å²) in [4.78, 5) is 42.1. The number of halogens is 1. The van der Waals surface area contributed by atoms with Crippen LogP contribution in [-0.2, 0) is 20.7 Å². The van der Waals surface area contributed by atoms with Crippen molar-refractivity contribution in [3.63, 3.8) is 0 Å². The molecule has 0 aliphatic carbocycles. The Morgan fingerprint density at radius 1 is 1.05 bits per heavy atom. The third-order valence-corrected chi connectivity index (χ3v) is 9.15. The summed E-state index contributed by atoms with van der Waals surface area (Å²) >= 11 is 8.27. The number of hydrogen-bond acceptors (Lipinski definition) is 7. The molecule has 10 heteroatoms. The number of benzene rings is 1. The van der Waals surface area contributed by atoms with E-state index < -0.39 is 11.0 Å². The van der Waals surface area contributed by atoms with E-state index in [-0.39, 0.29) is 12.0 Å². The number of hydrogen-bond donors (Lipinski definition) is 0. The van der Waals surface area contributed by atoms with Crippen LogP contribution in [0.5, 0.6) is 0 Å². The first-order valence-electron chi connectivity index (χ1n) is 13.3. The number of aromatic nitrogens is 2. The molecular weight excluding hydrogens is 522 g/mol. The molecule has 1 unspecified atom stereocenters. The summed E-state index contributed by atoms with van der Waals surface area (Å²) < 4.78 is 5.59. The Hall–Kier alpha value is -2.52. The maximum absolute atomic E-state index is 14.3. The van der Waals surface area contributed by atoms with Crippen LogP contribution in [0.25, 0.3) is 0 Å². The van der Waals surface area contributed by atoms with E-state index in [1.165, 1.54) is 5.56 Å². The van der Waals surface area contributed by atoms with Gasteiger partial charge in [0.05, 0.1) is 11.1 Å². The van der Waals surface area contributed by atoms with Gasteiger partial charge in [0.1, 0.15) is 17.7 Å². The molecule has 0 bridgehead atoms. The van der Waals surface area contributed by atoms with Gasteiger partial charge in [0.2, 0.25) is 5.91 Å². The number of piperazine rings is 1. The summed E-state index contributed by atoms with van der Waals surface area (Å²) in [5.74, 6) is 2.04. The second-order valence-corrected chi connectivity index (χ2v) is 13.1. The van der Waals surface area contributed by atoms with Gasteiger partial charge in [0, 0.05) is 60.9 Å². The number of carbonyl (C=O) groups excluding carboxylic acids is 2. The number of amides is 2. The number of fused-ring (bicyclic) bond motifs is 1. The maximum Gasteiger partial charge on any atom is 0.410 e. The molecule has 1 aromatic heterocycles. The van der Waals surface area contributed by atoms with Crippen LogP contribution in [0.15, 0.2) is 30.6 Å². The van der Waals surface area contributed by atoms with Gasteiger partial charge in [-0.15, -0.1) is 11.8 Å². The van der Waals surface area contributed by atoms with E-state index >= 15 is 0 Å². The number of ether oxygens (including phenoxy) is 1. The minimum atomic E-state index is -0.729. The number of likely N-dealkylation sites (tertiary alicyclic amines) is 1. The van der Waals surface area contributed by atoms with Crippen LogP contribution in [-0.4, -0.2) is 76.6 Å². The quantitative estimate of drug-likeness (QED) is 0.522. The van der Waals surface area contributed by atoms with Gasteiger partial charge in [0.15, 0.2) is 0 Å². The molecule has 0 spiro atoms. The lowest BCUT2D eigenvalue weighted by Gasteiger charge is -2.45. The van der Waals surface area contributed by atoms with Gasteiger partial charge in [-0.3, -0.25) is 4.79 Å². The highest BCUT2D eigenvalue weighted by molar-refractivity contribution is 7.99. The molecule has 3 aliphatic rings. The Morgan fingerprint density at radius 2 is 1.76 bits per heavy atom. The summed E-state index contributed by atoms with van der Waals surface area (Å²) in [6.07, 6.45) is 2.39. The van der Waals surface area contributed by atoms with E-state index in [9.17, 15) is 9.59 Å². The predicted molar refractivity (Wildman–Crippen MR) is 151 cm³/mol. The third kappa shape index (κ3) is 5.32. The zero-order valence-corrected chi connectivity index (χ0v) is 24.1. The van der Waals surface area contributed by atoms with Gasteiger partial charge in [-0.05, 0) is 58.2 Å². The monoisotopic (exact) mass is 557 g/mol. The number of carbonyl (C=O) groups is 2. The van der Waals surface area contributed by atoms with Crippen molar-refractivity contribution in [3.05, 3.63) is 52.4 Å². The molecule has 38 heavy (non-hydrogen) atoms. The fourth-order valence-corrected chi connectivity index (χ4v) is 6.96. The van der Waals surface area contributed by atoms with Gasteiger partial charge in [-0.2, -0.15) is 0 Å². The molecule has 4 heterocycles. The molecule has 0 saturated carbocycles. The van der Waals surface area contributed by atoms with Crippen LogP contribution in [0.4, 0.5) is 10.6 Å². The minimum absolute atomic E-state index is 0.111. The highest BCUT2D eigenvalue weighted by atomic mass is 35.5. The summed E-state index contributed by atoms with van der Waals surface area (Å²) in [7, 11) is 0. The van der Waals surface area contributed by atoms with E-state index in [0.717, 1.165) is 35.9 Å². The molecule has 1 atom stereocenters. The Kier molecular flexibility index (Phi) is 7.52. The second-order valence-electron chi connectivity index (χ2n) is 11.3. The van der Waals surface area contributed by atoms with Crippen molar-refractivity contribution in [2.45, 2.75) is 62.6 Å². The lowest BCUT2D eigenvalue weighted by molar-refractivity contribution is -0.140. The van der Waals surface area contributed by atoms with Crippen LogP contribution in [0, 0.1) is 0 Å². The first-order chi connectivity index (χ1) is 18.1. The molecule has 3 aliphatic heterocycles. The highest BCUT2D eigenvalue weighted by Gasteiger charge is 2.47. The summed E-state index contributed by atoms with van der Waals surface area (Å²) in [6.45, 7) is 11.4. The lowest BCUT2D eigenvalue weighted by Crippen LogP contribution is -2.58. The van der Waals surface area contributed by atoms with Crippen molar-refractivity contribution < 1.29 is 14.3 Å². The number of rotatable bonds is 3. The molecule has 0 N–H and O–H groups in total. The van der Waals surface area contributed by atoms with Gasteiger partial charge < -0.3 is 19.4 Å². The number of piperidine rings is 1. The Morgan fingerprint density at radius 3 is 2.42 bits per heavy atom. The maximum atomic E-state index is 14.3. The van der Waals surface area contributed by atoms with Gasteiger partial charge in [0.25, 0.3) is 0 Å². The van der Waals surface area contributed by atoms with Crippen LogP contribution >= 0.6 is 23.4 Å². The smallest absolute Gasteiger partial charge is 0.410 e. The molecule has 8 nitrogen and oxygen atoms in total. The fraction of sp³-hybridized carbons (Fsp3) is 0.571. The topological polar surface area (TPSA) is 78.9 Å². The Balaban J connectivity index is 1.33. The molecule has 5 rings (SSSR count). The molecule has 204 valence electrons. The second kappa shape index (κ2) is 10.6. The SMILES string of the molecule is CC1SCc2ncnc(N3CCN(C(=O)C4(c5cccc(Cl)c5)CCN(C(=O)OC(C)(C)C)CC4)CC3)c21. The summed E-state index contributed by atoms with van der Waals surface area (Å²) in [5.41, 5.74) is 1.99. The van der Waals surface area contributed by atoms with Crippen molar-refractivity contribution in [2.24, 2.45) is 0 Å². The number of nitrogens with zero attached hydrogens (tertiary/aromatic N) is 5. The summed E-state index contributed by atoms with van der Waals surface area (Å²) in [6, 6.07) is 7.63. The van der Waals surface area contributed by atoms with Crippen LogP contribution in [0.1, 0.15) is 62.6 Å². The first-order valence-corrected chi connectivity index (χ1v) is 14.7. The number of anilines is 1. The van der Waals surface area contributed by atoms with Crippen LogP contribution in [0.2, 0.25) is 5.02 Å². The third-order valence-electron chi connectivity index (χ3n) is 7.74. The molecule has 1 aromatic carbocycles. The molecule has 0 radical (unpaired) electrons. The Bertz CT molecular complexity index is 1200. The highest BCUT2D eigenvalue weighted by Crippen LogP contribution is 2.44. The predicted octanol–water partition coefficient (Wildman–Crippen LogP) is 5.06. The standard InChI is InChI=1S/C28H36ClN5O3S/c1-19-23-22(17-38-19)30-18-31-24(23)32-12-14-33(15-13-32)25(35)28(20-6-5-7-21(29)16-20)8-10-34(11-9-28)26(36)37-27(2,3)4/h5-7,16,18-19H,8-15,17H2,1-4H3. The van der Waals surface area contributed by atoms with E-state index in [2.05, 4.69) is 21.8 Å². The number of thioether (sulfide) groups is 1. The Labute approximate surface area is 234 Å². The average molecular weight is 558 g/mol. The van der Waals surface area contributed by atoms with E-state index in [4.69, 9.17) is 16.3 Å². The van der Waals surface area contributed by atoms with E-state index in [0.29, 0.717) is 49.3 Å². The van der Waals surface area contributed by atoms with Gasteiger partial charge in [-0.25, -0.2) is 14.8 Å². The van der Waals surface area contributed by atoms with Crippen molar-refractivity contribution in [3.8, 4) is 0 Å². The van der Waals surface area contributed by atoms with Crippen LogP contribution in [0.3, 0.4) is 0 Å². The fourth-order valence-electron chi connectivity index (χ4n) is 5.73.